The molecule has 0 aliphatic carbocycles. The topological polar surface area (TPSA) is 98.1 Å². The normalized spacial score (nSPS) is 10.3. The van der Waals surface area contributed by atoms with Gasteiger partial charge in [0.2, 0.25) is 0 Å². The zero-order valence-corrected chi connectivity index (χ0v) is 6.56. The van der Waals surface area contributed by atoms with Crippen LogP contribution in [0.3, 0.4) is 0 Å². The first-order valence-electron chi connectivity index (χ1n) is 3.02. The molecule has 0 unspecified atom stereocenters. The van der Waals surface area contributed by atoms with Crippen molar-refractivity contribution >= 4 is 12.6 Å². The molecule has 0 atom stereocenters. The number of nitrogens with zero attached hydrogens (tertiary/aromatic N) is 7. The number of nitrogens with one attached hydrogen (secondary N) is 1. The Morgan fingerprint density at radius 2 is 2.33 bits per heavy atom. The predicted octanol–water partition coefficient (Wildman–Crippen LogP) is -1.21. The molecule has 2 aromatic heterocycles. The molecule has 61 valence electrons. The molecule has 0 saturated heterocycles. The first-order chi connectivity index (χ1) is 5.84. The Morgan fingerprint density at radius 1 is 1.42 bits per heavy atom. The zero-order valence-electron chi connectivity index (χ0n) is 5.75. The molecule has 0 bridgehead atoms. The van der Waals surface area contributed by atoms with E-state index >= 15 is 0 Å². The highest BCUT2D eigenvalue weighted by Crippen LogP contribution is 1.92. The molecule has 0 spiro atoms. The summed E-state index contributed by atoms with van der Waals surface area (Å²) in [6.45, 7) is 0.344. The summed E-state index contributed by atoms with van der Waals surface area (Å²) in [5, 5.41) is 24.1. The van der Waals surface area contributed by atoms with E-state index in [9.17, 15) is 0 Å². The van der Waals surface area contributed by atoms with Crippen LogP contribution < -0.4 is 0 Å². The predicted molar refractivity (Wildman–Crippen MR) is 37.0 cm³/mol. The fourth-order valence-corrected chi connectivity index (χ4v) is 0.806. The lowest BCUT2D eigenvalue weighted by Crippen LogP contribution is -2.05. The van der Waals surface area contributed by atoms with E-state index < -0.39 is 0 Å². The van der Waals surface area contributed by atoms with Gasteiger partial charge in [-0.2, -0.15) is 4.80 Å². The lowest BCUT2D eigenvalue weighted by Gasteiger charge is -1.89. The van der Waals surface area contributed by atoms with E-state index in [1.54, 1.807) is 0 Å². The summed E-state index contributed by atoms with van der Waals surface area (Å²) in [4.78, 5) is 1.31. The van der Waals surface area contributed by atoms with Crippen LogP contribution in [0.15, 0.2) is 5.16 Å². The lowest BCUT2D eigenvalue weighted by molar-refractivity contribution is 0.551. The van der Waals surface area contributed by atoms with Crippen LogP contribution in [-0.4, -0.2) is 40.8 Å². The van der Waals surface area contributed by atoms with E-state index in [0.717, 1.165) is 0 Å². The van der Waals surface area contributed by atoms with Crippen molar-refractivity contribution in [2.75, 3.05) is 0 Å². The lowest BCUT2D eigenvalue weighted by atomic mass is 10.6. The molecule has 8 nitrogen and oxygen atoms in total. The summed E-state index contributed by atoms with van der Waals surface area (Å²) in [5.41, 5.74) is 0. The van der Waals surface area contributed by atoms with Crippen molar-refractivity contribution in [1.29, 1.82) is 0 Å². The summed E-state index contributed by atoms with van der Waals surface area (Å²) in [7, 11) is 0. The van der Waals surface area contributed by atoms with Gasteiger partial charge in [-0.25, -0.2) is 5.10 Å². The van der Waals surface area contributed by atoms with E-state index in [1.807, 2.05) is 0 Å². The molecule has 0 fully saturated rings. The van der Waals surface area contributed by atoms with Gasteiger partial charge in [-0.15, -0.1) is 10.2 Å². The number of tetrazole rings is 2. The van der Waals surface area contributed by atoms with Gasteiger partial charge >= 0.3 is 0 Å². The van der Waals surface area contributed by atoms with Crippen molar-refractivity contribution in [1.82, 2.24) is 40.8 Å². The van der Waals surface area contributed by atoms with Crippen molar-refractivity contribution in [2.45, 2.75) is 11.7 Å². The van der Waals surface area contributed by atoms with Crippen LogP contribution in [-0.2, 0) is 6.54 Å². The minimum atomic E-state index is 0.211. The molecular weight excluding hydrogens is 180 g/mol. The average Bonchev–Trinajstić information content (AvgIpc) is 2.63. The first-order valence-corrected chi connectivity index (χ1v) is 3.43. The van der Waals surface area contributed by atoms with E-state index in [-0.39, 0.29) is 5.16 Å². The van der Waals surface area contributed by atoms with Gasteiger partial charge in [-0.05, 0) is 28.3 Å². The third-order valence-electron chi connectivity index (χ3n) is 1.11. The Morgan fingerprint density at radius 3 is 2.92 bits per heavy atom. The molecule has 2 heterocycles. The van der Waals surface area contributed by atoms with Crippen molar-refractivity contribution in [3.8, 4) is 0 Å². The van der Waals surface area contributed by atoms with Crippen molar-refractivity contribution in [3.05, 3.63) is 5.82 Å². The van der Waals surface area contributed by atoms with E-state index in [0.29, 0.717) is 12.4 Å². The molecule has 1 N–H and O–H groups in total. The number of hydrogen-bond acceptors (Lipinski definition) is 6. The Labute approximate surface area is 71.8 Å². The first kappa shape index (κ1) is 7.03. The maximum atomic E-state index is 4.66. The molecule has 2 aromatic rings. The molecule has 0 amide bonds. The van der Waals surface area contributed by atoms with Crippen LogP contribution in [0.2, 0.25) is 0 Å². The third kappa shape index (κ3) is 1.34. The van der Waals surface area contributed by atoms with Gasteiger partial charge in [0.05, 0.1) is 0 Å². The SMILES string of the molecule is [S]c1nnn(Cc2nnn[nH]2)n1. The second-order valence-electron chi connectivity index (χ2n) is 1.95. The number of hydrogen-bond donors (Lipinski definition) is 1. The summed E-state index contributed by atoms with van der Waals surface area (Å²) >= 11 is 4.66. The molecule has 12 heavy (non-hydrogen) atoms. The summed E-state index contributed by atoms with van der Waals surface area (Å²) in [5.74, 6) is 0.558. The fourth-order valence-electron chi connectivity index (χ4n) is 0.675. The van der Waals surface area contributed by atoms with Crippen LogP contribution in [0.4, 0.5) is 0 Å². The number of rotatable bonds is 2. The van der Waals surface area contributed by atoms with Gasteiger partial charge in [-0.1, -0.05) is 5.10 Å². The van der Waals surface area contributed by atoms with Gasteiger partial charge in [0.1, 0.15) is 6.54 Å². The summed E-state index contributed by atoms with van der Waals surface area (Å²) in [6, 6.07) is 0. The zero-order chi connectivity index (χ0) is 8.39. The third-order valence-corrected chi connectivity index (χ3v) is 1.28. The Bertz CT molecular complexity index is 350. The Balaban J connectivity index is 2.14. The van der Waals surface area contributed by atoms with Crippen LogP contribution >= 0.6 is 12.6 Å². The van der Waals surface area contributed by atoms with E-state index in [1.165, 1.54) is 4.80 Å². The van der Waals surface area contributed by atoms with Gasteiger partial charge in [0.25, 0.3) is 5.16 Å². The van der Waals surface area contributed by atoms with Crippen LogP contribution in [0.5, 0.6) is 0 Å². The monoisotopic (exact) mass is 183 g/mol. The summed E-state index contributed by atoms with van der Waals surface area (Å²) < 4.78 is 0. The van der Waals surface area contributed by atoms with Gasteiger partial charge in [0.15, 0.2) is 5.82 Å². The number of aromatic nitrogens is 8. The maximum Gasteiger partial charge on any atom is 0.261 e. The minimum absolute atomic E-state index is 0.211. The van der Waals surface area contributed by atoms with Gasteiger partial charge in [-0.3, -0.25) is 0 Å². The second kappa shape index (κ2) is 2.77. The Kier molecular flexibility index (Phi) is 1.63. The molecule has 1 radical (unpaired) electrons. The van der Waals surface area contributed by atoms with Gasteiger partial charge < -0.3 is 0 Å². The maximum absolute atomic E-state index is 4.66. The minimum Gasteiger partial charge on any atom is -0.241 e. The average molecular weight is 183 g/mol. The molecular formula is C3H3N8S. The van der Waals surface area contributed by atoms with E-state index in [2.05, 4.69) is 48.7 Å². The molecule has 0 aliphatic heterocycles. The highest BCUT2D eigenvalue weighted by molar-refractivity contribution is 7.80. The molecule has 9 heteroatoms. The quantitative estimate of drug-likeness (QED) is 0.627. The van der Waals surface area contributed by atoms with Crippen LogP contribution in [0.1, 0.15) is 5.82 Å². The number of H-pyrrole nitrogens is 1. The standard InChI is InChI=1S/C3H3N8S/c12-3-6-10-11(7-3)1-2-4-8-9-5-2/h1H2,(H,4,5,8,9). The molecule has 0 aromatic carbocycles. The van der Waals surface area contributed by atoms with Crippen molar-refractivity contribution in [3.63, 3.8) is 0 Å². The highest BCUT2D eigenvalue weighted by atomic mass is 32.1. The van der Waals surface area contributed by atoms with E-state index in [4.69, 9.17) is 0 Å². The van der Waals surface area contributed by atoms with Crippen LogP contribution in [0.25, 0.3) is 0 Å². The van der Waals surface area contributed by atoms with Gasteiger partial charge in [0, 0.05) is 0 Å². The van der Waals surface area contributed by atoms with Crippen LogP contribution in [0, 0.1) is 0 Å². The largest absolute Gasteiger partial charge is 0.261 e. The molecule has 0 saturated carbocycles. The Hall–Kier alpha value is -1.64. The highest BCUT2D eigenvalue weighted by Gasteiger charge is 2.02. The fraction of sp³-hybridized carbons (Fsp3) is 0.333. The smallest absolute Gasteiger partial charge is 0.241 e. The summed E-state index contributed by atoms with van der Waals surface area (Å²) in [6.07, 6.45) is 0. The molecule has 0 aliphatic rings. The molecule has 2 rings (SSSR count). The second-order valence-corrected chi connectivity index (χ2v) is 2.32. The van der Waals surface area contributed by atoms with Crippen molar-refractivity contribution < 1.29 is 0 Å². The number of aromatic amines is 1. The van der Waals surface area contributed by atoms with Crippen molar-refractivity contribution in [2.24, 2.45) is 0 Å².